The highest BCUT2D eigenvalue weighted by atomic mass is 16.7. The van der Waals surface area contributed by atoms with Crippen LogP contribution in [0.4, 0.5) is 0 Å². The lowest BCUT2D eigenvalue weighted by atomic mass is 9.95. The zero-order valence-corrected chi connectivity index (χ0v) is 14.0. The molecule has 2 saturated heterocycles. The van der Waals surface area contributed by atoms with Crippen LogP contribution in [0.3, 0.4) is 0 Å². The Bertz CT molecular complexity index is 411. The molecule has 11 nitrogen and oxygen atoms in total. The molecular weight excluding hydrogens is 342 g/mol. The SMILES string of the molecule is CO[C@H]1O[C@H](CN[C@@H]2[C@@H](OC)O[C@H](CO)[C@@H](O)[C@H]2O)[C@@H](O)[C@H](O)[C@H]1O. The van der Waals surface area contributed by atoms with Crippen LogP contribution >= 0.6 is 0 Å². The molecule has 2 rings (SSSR count). The lowest BCUT2D eigenvalue weighted by Crippen LogP contribution is -2.66. The molecule has 2 aliphatic rings. The second-order valence-electron chi connectivity index (χ2n) is 6.13. The van der Waals surface area contributed by atoms with Crippen LogP contribution in [-0.4, -0.2) is 119 Å². The van der Waals surface area contributed by atoms with Crippen LogP contribution in [0.2, 0.25) is 0 Å². The third-order valence-electron chi connectivity index (χ3n) is 4.57. The van der Waals surface area contributed by atoms with E-state index in [4.69, 9.17) is 24.1 Å². The van der Waals surface area contributed by atoms with Crippen molar-refractivity contribution in [2.45, 2.75) is 61.3 Å². The van der Waals surface area contributed by atoms with Gasteiger partial charge in [-0.1, -0.05) is 0 Å². The first-order valence-corrected chi connectivity index (χ1v) is 7.96. The van der Waals surface area contributed by atoms with Crippen molar-refractivity contribution in [3.63, 3.8) is 0 Å². The number of ether oxygens (including phenoxy) is 4. The van der Waals surface area contributed by atoms with E-state index in [0.717, 1.165) is 0 Å². The molecule has 0 aromatic heterocycles. The summed E-state index contributed by atoms with van der Waals surface area (Å²) in [6.45, 7) is -0.554. The maximum absolute atomic E-state index is 10.2. The first-order valence-electron chi connectivity index (χ1n) is 7.96. The number of aliphatic hydroxyl groups excluding tert-OH is 6. The fourth-order valence-electron chi connectivity index (χ4n) is 3.03. The van der Waals surface area contributed by atoms with Crippen molar-refractivity contribution in [3.8, 4) is 0 Å². The van der Waals surface area contributed by atoms with Gasteiger partial charge < -0.3 is 54.9 Å². The van der Waals surface area contributed by atoms with E-state index < -0.39 is 68.0 Å². The van der Waals surface area contributed by atoms with Gasteiger partial charge in [-0.2, -0.15) is 0 Å². The third-order valence-corrected chi connectivity index (χ3v) is 4.57. The number of methoxy groups -OCH3 is 2. The third kappa shape index (κ3) is 4.28. The molecule has 0 unspecified atom stereocenters. The van der Waals surface area contributed by atoms with Gasteiger partial charge in [0.2, 0.25) is 0 Å². The Morgan fingerprint density at radius 1 is 0.760 bits per heavy atom. The van der Waals surface area contributed by atoms with Crippen molar-refractivity contribution in [2.24, 2.45) is 0 Å². The van der Waals surface area contributed by atoms with Gasteiger partial charge in [0.25, 0.3) is 0 Å². The molecule has 0 bridgehead atoms. The summed E-state index contributed by atoms with van der Waals surface area (Å²) < 4.78 is 20.8. The van der Waals surface area contributed by atoms with E-state index in [1.54, 1.807) is 0 Å². The van der Waals surface area contributed by atoms with Crippen molar-refractivity contribution in [1.29, 1.82) is 0 Å². The molecule has 0 spiro atoms. The maximum atomic E-state index is 10.2. The number of nitrogens with one attached hydrogen (secondary N) is 1. The van der Waals surface area contributed by atoms with Crippen LogP contribution in [-0.2, 0) is 18.9 Å². The normalized spacial score (nSPS) is 48.5. The quantitative estimate of drug-likeness (QED) is 0.241. The van der Waals surface area contributed by atoms with Crippen molar-refractivity contribution < 1.29 is 49.6 Å². The first kappa shape index (κ1) is 20.9. The molecule has 0 amide bonds. The molecule has 2 heterocycles. The number of aliphatic hydroxyl groups is 6. The van der Waals surface area contributed by atoms with Crippen LogP contribution in [0.25, 0.3) is 0 Å². The van der Waals surface area contributed by atoms with Gasteiger partial charge in [0.05, 0.1) is 12.6 Å². The Labute approximate surface area is 144 Å². The minimum absolute atomic E-state index is 0.0632. The molecule has 0 radical (unpaired) electrons. The monoisotopic (exact) mass is 369 g/mol. The fraction of sp³-hybridized carbons (Fsp3) is 1.00. The molecular formula is C14H27NO10. The van der Waals surface area contributed by atoms with Gasteiger partial charge >= 0.3 is 0 Å². The van der Waals surface area contributed by atoms with Gasteiger partial charge in [-0.15, -0.1) is 0 Å². The summed E-state index contributed by atoms with van der Waals surface area (Å²) in [5, 5.41) is 61.8. The fourth-order valence-corrected chi connectivity index (χ4v) is 3.03. The summed E-state index contributed by atoms with van der Waals surface area (Å²) in [5.74, 6) is 0. The minimum Gasteiger partial charge on any atom is -0.394 e. The highest BCUT2D eigenvalue weighted by molar-refractivity contribution is 4.96. The van der Waals surface area contributed by atoms with Gasteiger partial charge in [-0.25, -0.2) is 0 Å². The predicted octanol–water partition coefficient (Wildman–Crippen LogP) is -4.52. The molecule has 2 aliphatic heterocycles. The van der Waals surface area contributed by atoms with E-state index in [-0.39, 0.29) is 6.54 Å². The molecule has 0 saturated carbocycles. The highest BCUT2D eigenvalue weighted by Crippen LogP contribution is 2.24. The van der Waals surface area contributed by atoms with Crippen molar-refractivity contribution in [2.75, 3.05) is 27.4 Å². The molecule has 25 heavy (non-hydrogen) atoms. The smallest absolute Gasteiger partial charge is 0.186 e. The van der Waals surface area contributed by atoms with E-state index in [0.29, 0.717) is 0 Å². The average Bonchev–Trinajstić information content (AvgIpc) is 2.62. The van der Waals surface area contributed by atoms with Crippen molar-refractivity contribution in [3.05, 3.63) is 0 Å². The second kappa shape index (κ2) is 8.97. The standard InChI is InChI=1S/C14H27NO10/c1-22-13-7(10(19)9(18)6(4-16)25-13)15-3-5-8(17)11(20)12(21)14(23-2)24-5/h5-21H,3-4H2,1-2H3/t5-,6-,7+,8-,9-,10+,11+,12-,13+,14+/m1/s1. The summed E-state index contributed by atoms with van der Waals surface area (Å²) in [6.07, 6.45) is -11.0. The Hall–Kier alpha value is -0.440. The largest absolute Gasteiger partial charge is 0.394 e. The van der Waals surface area contributed by atoms with E-state index in [1.807, 2.05) is 0 Å². The first-order chi connectivity index (χ1) is 11.8. The van der Waals surface area contributed by atoms with Crippen LogP contribution in [0, 0.1) is 0 Å². The molecule has 2 fully saturated rings. The maximum Gasteiger partial charge on any atom is 0.186 e. The Balaban J connectivity index is 2.00. The number of rotatable bonds is 6. The lowest BCUT2D eigenvalue weighted by molar-refractivity contribution is -0.292. The molecule has 11 heteroatoms. The summed E-state index contributed by atoms with van der Waals surface area (Å²) in [4.78, 5) is 0. The second-order valence-corrected chi connectivity index (χ2v) is 6.13. The van der Waals surface area contributed by atoms with Crippen LogP contribution in [0.5, 0.6) is 0 Å². The van der Waals surface area contributed by atoms with E-state index in [9.17, 15) is 25.5 Å². The topological polar surface area (TPSA) is 170 Å². The molecule has 7 N–H and O–H groups in total. The zero-order chi connectivity index (χ0) is 18.7. The Morgan fingerprint density at radius 3 is 1.88 bits per heavy atom. The Kier molecular flexibility index (Phi) is 7.49. The van der Waals surface area contributed by atoms with Crippen molar-refractivity contribution >= 4 is 0 Å². The van der Waals surface area contributed by atoms with Crippen LogP contribution < -0.4 is 5.32 Å². The number of hydrogen-bond acceptors (Lipinski definition) is 11. The predicted molar refractivity (Wildman–Crippen MR) is 80.3 cm³/mol. The molecule has 0 aromatic rings. The van der Waals surface area contributed by atoms with Crippen LogP contribution in [0.15, 0.2) is 0 Å². The Morgan fingerprint density at radius 2 is 1.32 bits per heavy atom. The molecule has 148 valence electrons. The van der Waals surface area contributed by atoms with Gasteiger partial charge in [0.1, 0.15) is 42.7 Å². The summed E-state index contributed by atoms with van der Waals surface area (Å²) in [5.41, 5.74) is 0. The highest BCUT2D eigenvalue weighted by Gasteiger charge is 2.47. The van der Waals surface area contributed by atoms with E-state index >= 15 is 0 Å². The summed E-state index contributed by atoms with van der Waals surface area (Å²) in [7, 11) is 2.62. The lowest BCUT2D eigenvalue weighted by Gasteiger charge is -2.44. The van der Waals surface area contributed by atoms with E-state index in [1.165, 1.54) is 14.2 Å². The van der Waals surface area contributed by atoms with Crippen LogP contribution in [0.1, 0.15) is 0 Å². The van der Waals surface area contributed by atoms with E-state index in [2.05, 4.69) is 5.32 Å². The summed E-state index contributed by atoms with van der Waals surface area (Å²) in [6, 6.07) is -0.886. The molecule has 10 atom stereocenters. The van der Waals surface area contributed by atoms with Gasteiger partial charge in [-0.05, 0) is 0 Å². The zero-order valence-electron chi connectivity index (χ0n) is 14.0. The van der Waals surface area contributed by atoms with Gasteiger partial charge in [0, 0.05) is 20.8 Å². The van der Waals surface area contributed by atoms with Gasteiger partial charge in [-0.3, -0.25) is 0 Å². The average molecular weight is 369 g/mol. The molecule has 0 aliphatic carbocycles. The summed E-state index contributed by atoms with van der Waals surface area (Å²) >= 11 is 0. The minimum atomic E-state index is -1.47. The van der Waals surface area contributed by atoms with Crippen molar-refractivity contribution in [1.82, 2.24) is 5.32 Å². The number of hydrogen-bond donors (Lipinski definition) is 7. The molecule has 0 aromatic carbocycles. The van der Waals surface area contributed by atoms with Gasteiger partial charge in [0.15, 0.2) is 12.6 Å².